The predicted octanol–water partition coefficient (Wildman–Crippen LogP) is 3.51. The van der Waals surface area contributed by atoms with E-state index in [0.717, 1.165) is 4.47 Å². The first-order valence-electron chi connectivity index (χ1n) is 5.63. The number of rotatable bonds is 5. The van der Waals surface area contributed by atoms with Crippen molar-refractivity contribution in [1.29, 1.82) is 0 Å². The normalized spacial score (nSPS) is 17.6. The summed E-state index contributed by atoms with van der Waals surface area (Å²) in [5.74, 6) is 0.650. The molecule has 0 atom stereocenters. The zero-order valence-electron chi connectivity index (χ0n) is 9.56. The van der Waals surface area contributed by atoms with Gasteiger partial charge in [0.2, 0.25) is 0 Å². The Hall–Kier alpha value is -0.750. The largest absolute Gasteiger partial charge is 0.492 e. The van der Waals surface area contributed by atoms with Crippen molar-refractivity contribution in [1.82, 2.24) is 5.32 Å². The molecule has 6 heteroatoms. The van der Waals surface area contributed by atoms with Crippen LogP contribution < -0.4 is 10.1 Å². The molecule has 1 saturated carbocycles. The number of benzene rings is 1. The number of hydrogen-bond donors (Lipinski definition) is 1. The molecule has 0 aliphatic heterocycles. The van der Waals surface area contributed by atoms with E-state index in [1.54, 1.807) is 12.1 Å². The molecule has 1 N–H and O–H groups in total. The summed E-state index contributed by atoms with van der Waals surface area (Å²) in [6.07, 6.45) is -3.84. The standard InChI is InChI=1S/C12H13BrF3NO/c13-9-1-3-10(4-2-9)18-8-7-17-11(5-6-11)12(14,15)16/h1-4,17H,5-8H2. The Bertz CT molecular complexity index is 401. The average molecular weight is 324 g/mol. The molecule has 1 aliphatic rings. The van der Waals surface area contributed by atoms with Crippen molar-refractivity contribution in [3.63, 3.8) is 0 Å². The molecule has 0 heterocycles. The topological polar surface area (TPSA) is 21.3 Å². The van der Waals surface area contributed by atoms with Crippen molar-refractivity contribution in [2.45, 2.75) is 24.6 Å². The van der Waals surface area contributed by atoms with Gasteiger partial charge in [-0.05, 0) is 37.1 Å². The molecule has 0 amide bonds. The Balaban J connectivity index is 1.72. The van der Waals surface area contributed by atoms with Gasteiger partial charge in [0.05, 0.1) is 0 Å². The van der Waals surface area contributed by atoms with Gasteiger partial charge in [-0.25, -0.2) is 0 Å². The van der Waals surface area contributed by atoms with Gasteiger partial charge in [0.25, 0.3) is 0 Å². The molecule has 1 fully saturated rings. The summed E-state index contributed by atoms with van der Waals surface area (Å²) in [5, 5.41) is 2.53. The van der Waals surface area contributed by atoms with E-state index >= 15 is 0 Å². The van der Waals surface area contributed by atoms with E-state index in [0.29, 0.717) is 5.75 Å². The molecule has 0 spiro atoms. The molecule has 1 aliphatic carbocycles. The number of ether oxygens (including phenoxy) is 1. The molecule has 2 rings (SSSR count). The smallest absolute Gasteiger partial charge is 0.406 e. The van der Waals surface area contributed by atoms with Gasteiger partial charge in [-0.1, -0.05) is 15.9 Å². The Kier molecular flexibility index (Phi) is 3.87. The summed E-state index contributed by atoms with van der Waals surface area (Å²) < 4.78 is 44.0. The second-order valence-corrected chi connectivity index (χ2v) is 5.22. The maximum Gasteiger partial charge on any atom is 0.406 e. The Morgan fingerprint density at radius 1 is 1.22 bits per heavy atom. The quantitative estimate of drug-likeness (QED) is 0.837. The Morgan fingerprint density at radius 2 is 1.83 bits per heavy atom. The molecular formula is C12H13BrF3NO. The van der Waals surface area contributed by atoms with Crippen molar-refractivity contribution in [3.8, 4) is 5.75 Å². The average Bonchev–Trinajstić information content (AvgIpc) is 3.07. The van der Waals surface area contributed by atoms with Crippen LogP contribution in [0.2, 0.25) is 0 Å². The molecular weight excluding hydrogens is 311 g/mol. The third-order valence-electron chi connectivity index (χ3n) is 2.94. The lowest BCUT2D eigenvalue weighted by Gasteiger charge is -2.20. The monoisotopic (exact) mass is 323 g/mol. The van der Waals surface area contributed by atoms with E-state index in [-0.39, 0.29) is 26.0 Å². The van der Waals surface area contributed by atoms with E-state index in [2.05, 4.69) is 21.2 Å². The fourth-order valence-electron chi connectivity index (χ4n) is 1.68. The first-order valence-corrected chi connectivity index (χ1v) is 6.42. The van der Waals surface area contributed by atoms with Crippen LogP contribution in [0.25, 0.3) is 0 Å². The van der Waals surface area contributed by atoms with Gasteiger partial charge in [0.1, 0.15) is 17.9 Å². The van der Waals surface area contributed by atoms with Crippen LogP contribution in [0, 0.1) is 0 Å². The number of halogens is 4. The first-order chi connectivity index (χ1) is 8.43. The lowest BCUT2D eigenvalue weighted by Crippen LogP contribution is -2.46. The van der Waals surface area contributed by atoms with Crippen molar-refractivity contribution < 1.29 is 17.9 Å². The van der Waals surface area contributed by atoms with Gasteiger partial charge in [-0.3, -0.25) is 0 Å². The first kappa shape index (κ1) is 13.7. The molecule has 0 unspecified atom stereocenters. The van der Waals surface area contributed by atoms with Gasteiger partial charge in [-0.15, -0.1) is 0 Å². The van der Waals surface area contributed by atoms with Crippen LogP contribution in [0.15, 0.2) is 28.7 Å². The molecule has 1 aromatic rings. The third kappa shape index (κ3) is 3.17. The zero-order valence-corrected chi connectivity index (χ0v) is 11.1. The van der Waals surface area contributed by atoms with E-state index in [4.69, 9.17) is 4.74 Å². The van der Waals surface area contributed by atoms with Crippen LogP contribution in [0.1, 0.15) is 12.8 Å². The van der Waals surface area contributed by atoms with Crippen LogP contribution in [0.4, 0.5) is 13.2 Å². The summed E-state index contributed by atoms with van der Waals surface area (Å²) in [6, 6.07) is 7.17. The lowest BCUT2D eigenvalue weighted by molar-refractivity contribution is -0.165. The lowest BCUT2D eigenvalue weighted by atomic mass is 10.2. The van der Waals surface area contributed by atoms with E-state index < -0.39 is 11.7 Å². The second kappa shape index (κ2) is 5.09. The van der Waals surface area contributed by atoms with Crippen LogP contribution in [-0.4, -0.2) is 24.9 Å². The fraction of sp³-hybridized carbons (Fsp3) is 0.500. The number of alkyl halides is 3. The number of hydrogen-bond acceptors (Lipinski definition) is 2. The van der Waals surface area contributed by atoms with Gasteiger partial charge in [-0.2, -0.15) is 13.2 Å². The summed E-state index contributed by atoms with van der Waals surface area (Å²) >= 11 is 3.29. The highest BCUT2D eigenvalue weighted by molar-refractivity contribution is 9.10. The highest BCUT2D eigenvalue weighted by Crippen LogP contribution is 2.48. The second-order valence-electron chi connectivity index (χ2n) is 4.31. The van der Waals surface area contributed by atoms with Crippen molar-refractivity contribution in [3.05, 3.63) is 28.7 Å². The van der Waals surface area contributed by atoms with Crippen LogP contribution in [0.3, 0.4) is 0 Å². The van der Waals surface area contributed by atoms with E-state index in [1.165, 1.54) is 0 Å². The zero-order chi connectivity index (χ0) is 13.2. The Labute approximate surface area is 112 Å². The predicted molar refractivity (Wildman–Crippen MR) is 65.7 cm³/mol. The number of nitrogens with one attached hydrogen (secondary N) is 1. The summed E-state index contributed by atoms with van der Waals surface area (Å²) in [5.41, 5.74) is -1.66. The molecule has 0 saturated heterocycles. The molecule has 2 nitrogen and oxygen atoms in total. The van der Waals surface area contributed by atoms with Gasteiger partial charge in [0.15, 0.2) is 0 Å². The highest BCUT2D eigenvalue weighted by atomic mass is 79.9. The molecule has 100 valence electrons. The summed E-state index contributed by atoms with van der Waals surface area (Å²) in [4.78, 5) is 0. The van der Waals surface area contributed by atoms with Gasteiger partial charge >= 0.3 is 6.18 Å². The molecule has 0 bridgehead atoms. The summed E-state index contributed by atoms with van der Waals surface area (Å²) in [6.45, 7) is 0.412. The van der Waals surface area contributed by atoms with Crippen molar-refractivity contribution >= 4 is 15.9 Å². The molecule has 18 heavy (non-hydrogen) atoms. The minimum Gasteiger partial charge on any atom is -0.492 e. The SMILES string of the molecule is FC(F)(F)C1(NCCOc2ccc(Br)cc2)CC1. The minimum atomic E-state index is -4.16. The molecule has 1 aromatic carbocycles. The van der Waals surface area contributed by atoms with Gasteiger partial charge < -0.3 is 10.1 Å². The van der Waals surface area contributed by atoms with E-state index in [1.807, 2.05) is 12.1 Å². The fourth-order valence-corrected chi connectivity index (χ4v) is 1.94. The molecule has 0 aromatic heterocycles. The highest BCUT2D eigenvalue weighted by Gasteiger charge is 2.62. The van der Waals surface area contributed by atoms with Crippen LogP contribution in [-0.2, 0) is 0 Å². The third-order valence-corrected chi connectivity index (χ3v) is 3.47. The molecule has 0 radical (unpaired) electrons. The Morgan fingerprint density at radius 3 is 2.33 bits per heavy atom. The van der Waals surface area contributed by atoms with Crippen LogP contribution >= 0.6 is 15.9 Å². The summed E-state index contributed by atoms with van der Waals surface area (Å²) in [7, 11) is 0. The van der Waals surface area contributed by atoms with Gasteiger partial charge in [0, 0.05) is 11.0 Å². The van der Waals surface area contributed by atoms with Crippen molar-refractivity contribution in [2.24, 2.45) is 0 Å². The van der Waals surface area contributed by atoms with E-state index in [9.17, 15) is 13.2 Å². The minimum absolute atomic E-state index is 0.161. The van der Waals surface area contributed by atoms with Crippen molar-refractivity contribution in [2.75, 3.05) is 13.2 Å². The maximum absolute atomic E-state index is 12.6. The van der Waals surface area contributed by atoms with Crippen LogP contribution in [0.5, 0.6) is 5.75 Å². The maximum atomic E-state index is 12.6.